The lowest BCUT2D eigenvalue weighted by Gasteiger charge is -2.24. The van der Waals surface area contributed by atoms with Gasteiger partial charge in [0.2, 0.25) is 0 Å². The van der Waals surface area contributed by atoms with Gasteiger partial charge in [0.25, 0.3) is 15.9 Å². The van der Waals surface area contributed by atoms with Gasteiger partial charge in [-0.2, -0.15) is 5.10 Å². The van der Waals surface area contributed by atoms with Crippen LogP contribution in [0.15, 0.2) is 76.7 Å². The summed E-state index contributed by atoms with van der Waals surface area (Å²) in [6, 6.07) is 17.6. The number of ether oxygens (including phenoxy) is 1. The number of hydrogen-bond donors (Lipinski definition) is 1. The van der Waals surface area contributed by atoms with E-state index in [9.17, 15) is 13.2 Å². The topological polar surface area (TPSA) is 88.1 Å². The molecule has 3 rings (SSSR count). The second kappa shape index (κ2) is 10.7. The summed E-state index contributed by atoms with van der Waals surface area (Å²) >= 11 is 11.9. The van der Waals surface area contributed by atoms with Crippen LogP contribution in [0, 0.1) is 6.92 Å². The first-order valence-corrected chi connectivity index (χ1v) is 11.9. The van der Waals surface area contributed by atoms with E-state index in [1.54, 1.807) is 54.6 Å². The van der Waals surface area contributed by atoms with E-state index in [0.29, 0.717) is 27.0 Å². The van der Waals surface area contributed by atoms with E-state index in [-0.39, 0.29) is 4.90 Å². The van der Waals surface area contributed by atoms with Crippen LogP contribution in [0.25, 0.3) is 0 Å². The molecule has 3 aromatic rings. The molecule has 0 heterocycles. The quantitative estimate of drug-likeness (QED) is 0.356. The Kier molecular flexibility index (Phi) is 7.97. The molecule has 172 valence electrons. The maximum absolute atomic E-state index is 13.4. The van der Waals surface area contributed by atoms with Crippen molar-refractivity contribution < 1.29 is 17.9 Å². The Morgan fingerprint density at radius 1 is 1.03 bits per heavy atom. The number of anilines is 1. The molecule has 1 N–H and O–H groups in total. The monoisotopic (exact) mass is 505 g/mol. The van der Waals surface area contributed by atoms with Crippen LogP contribution in [-0.4, -0.2) is 34.2 Å². The number of benzene rings is 3. The van der Waals surface area contributed by atoms with E-state index < -0.39 is 22.5 Å². The molecule has 0 unspecified atom stereocenters. The lowest BCUT2D eigenvalue weighted by Crippen LogP contribution is -2.39. The molecular formula is C23H21Cl2N3O4S. The van der Waals surface area contributed by atoms with Crippen molar-refractivity contribution in [2.75, 3.05) is 18.0 Å². The molecule has 0 aliphatic carbocycles. The highest BCUT2D eigenvalue weighted by Crippen LogP contribution is 2.25. The molecule has 0 fully saturated rings. The van der Waals surface area contributed by atoms with Crippen LogP contribution in [-0.2, 0) is 14.8 Å². The summed E-state index contributed by atoms with van der Waals surface area (Å²) in [6.45, 7) is 1.41. The second-order valence-electron chi connectivity index (χ2n) is 6.99. The Morgan fingerprint density at radius 3 is 2.30 bits per heavy atom. The molecule has 0 saturated heterocycles. The van der Waals surface area contributed by atoms with Crippen LogP contribution in [0.2, 0.25) is 10.0 Å². The summed E-state index contributed by atoms with van der Waals surface area (Å²) < 4.78 is 32.8. The third kappa shape index (κ3) is 6.25. The van der Waals surface area contributed by atoms with Crippen molar-refractivity contribution >= 4 is 51.0 Å². The lowest BCUT2D eigenvalue weighted by atomic mass is 10.2. The van der Waals surface area contributed by atoms with Crippen LogP contribution in [0.1, 0.15) is 11.1 Å². The summed E-state index contributed by atoms with van der Waals surface area (Å²) in [5.74, 6) is -0.103. The van der Waals surface area contributed by atoms with E-state index in [1.165, 1.54) is 25.5 Å². The van der Waals surface area contributed by atoms with Crippen molar-refractivity contribution in [1.29, 1.82) is 0 Å². The van der Waals surface area contributed by atoms with Gasteiger partial charge >= 0.3 is 0 Å². The highest BCUT2D eigenvalue weighted by molar-refractivity contribution is 7.92. The zero-order chi connectivity index (χ0) is 24.0. The van der Waals surface area contributed by atoms with Crippen molar-refractivity contribution in [2.45, 2.75) is 11.8 Å². The predicted octanol–water partition coefficient (Wildman–Crippen LogP) is 4.66. The number of aryl methyl sites for hydroxylation is 1. The number of carbonyl (C=O) groups excluding carboxylic acids is 1. The molecule has 7 nitrogen and oxygen atoms in total. The Bertz CT molecular complexity index is 1260. The fourth-order valence-corrected chi connectivity index (χ4v) is 4.57. The van der Waals surface area contributed by atoms with Gasteiger partial charge in [0, 0.05) is 0 Å². The van der Waals surface area contributed by atoms with Crippen LogP contribution in [0.5, 0.6) is 5.75 Å². The number of sulfonamides is 1. The maximum Gasteiger partial charge on any atom is 0.264 e. The molecule has 0 aliphatic rings. The first-order chi connectivity index (χ1) is 15.7. The van der Waals surface area contributed by atoms with Gasteiger partial charge in [0.1, 0.15) is 12.3 Å². The van der Waals surface area contributed by atoms with Crippen molar-refractivity contribution in [1.82, 2.24) is 5.43 Å². The average molecular weight is 506 g/mol. The second-order valence-corrected chi connectivity index (χ2v) is 9.67. The molecule has 3 aromatic carbocycles. The standard InChI is InChI=1S/C23H21Cl2N3O4S/c1-16-3-6-18(7-4-16)28(33(30,31)20-10-8-19(32-2)9-11-20)15-23(29)27-26-14-17-5-12-21(24)22(25)13-17/h3-14H,15H2,1-2H3,(H,27,29)/b26-14+. The molecule has 0 saturated carbocycles. The van der Waals surface area contributed by atoms with Gasteiger partial charge in [0.05, 0.1) is 34.0 Å². The highest BCUT2D eigenvalue weighted by Gasteiger charge is 2.27. The van der Waals surface area contributed by atoms with E-state index in [0.717, 1.165) is 9.87 Å². The SMILES string of the molecule is COc1ccc(S(=O)(=O)N(CC(=O)N/N=C/c2ccc(Cl)c(Cl)c2)c2ccc(C)cc2)cc1. The van der Waals surface area contributed by atoms with Gasteiger partial charge in [-0.05, 0) is 61.0 Å². The molecule has 1 amide bonds. The summed E-state index contributed by atoms with van der Waals surface area (Å²) in [5.41, 5.74) is 4.27. The van der Waals surface area contributed by atoms with E-state index >= 15 is 0 Å². The fourth-order valence-electron chi connectivity index (χ4n) is 2.84. The maximum atomic E-state index is 13.4. The molecule has 33 heavy (non-hydrogen) atoms. The zero-order valence-corrected chi connectivity index (χ0v) is 20.2. The number of methoxy groups -OCH3 is 1. The molecule has 0 radical (unpaired) electrons. The van der Waals surface area contributed by atoms with Gasteiger partial charge in [-0.15, -0.1) is 0 Å². The highest BCUT2D eigenvalue weighted by atomic mass is 35.5. The zero-order valence-electron chi connectivity index (χ0n) is 17.8. The predicted molar refractivity (Wildman–Crippen MR) is 131 cm³/mol. The van der Waals surface area contributed by atoms with Gasteiger partial charge in [-0.25, -0.2) is 13.8 Å². The van der Waals surface area contributed by atoms with Crippen molar-refractivity contribution in [3.8, 4) is 5.75 Å². The van der Waals surface area contributed by atoms with Crippen LogP contribution in [0.4, 0.5) is 5.69 Å². The molecule has 0 aromatic heterocycles. The van der Waals surface area contributed by atoms with E-state index in [1.807, 2.05) is 6.92 Å². The average Bonchev–Trinajstić information content (AvgIpc) is 2.80. The number of amides is 1. The fraction of sp³-hybridized carbons (Fsp3) is 0.130. The van der Waals surface area contributed by atoms with Crippen LogP contribution < -0.4 is 14.5 Å². The Hall–Kier alpha value is -3.07. The number of nitrogens with zero attached hydrogens (tertiary/aromatic N) is 2. The molecule has 0 bridgehead atoms. The molecule has 0 atom stereocenters. The van der Waals surface area contributed by atoms with Gasteiger partial charge in [-0.1, -0.05) is 47.0 Å². The molecule has 10 heteroatoms. The smallest absolute Gasteiger partial charge is 0.264 e. The van der Waals surface area contributed by atoms with Crippen molar-refractivity contribution in [2.24, 2.45) is 5.10 Å². The first kappa shape index (κ1) is 24.6. The number of hydrazone groups is 1. The number of nitrogens with one attached hydrogen (secondary N) is 1. The van der Waals surface area contributed by atoms with E-state index in [2.05, 4.69) is 10.5 Å². The summed E-state index contributed by atoms with van der Waals surface area (Å²) in [7, 11) is -2.55. The van der Waals surface area contributed by atoms with Gasteiger partial charge < -0.3 is 4.74 Å². The number of carbonyl (C=O) groups is 1. The van der Waals surface area contributed by atoms with Crippen molar-refractivity contribution in [3.05, 3.63) is 87.9 Å². The Balaban J connectivity index is 1.83. The Labute approximate surface area is 202 Å². The Morgan fingerprint density at radius 2 is 1.70 bits per heavy atom. The largest absolute Gasteiger partial charge is 0.497 e. The number of halogens is 2. The van der Waals surface area contributed by atoms with Crippen LogP contribution >= 0.6 is 23.2 Å². The first-order valence-electron chi connectivity index (χ1n) is 9.71. The minimum atomic E-state index is -4.04. The molecule has 0 spiro atoms. The molecule has 0 aliphatic heterocycles. The third-order valence-corrected chi connectivity index (χ3v) is 7.13. The van der Waals surface area contributed by atoms with Crippen molar-refractivity contribution in [3.63, 3.8) is 0 Å². The summed E-state index contributed by atoms with van der Waals surface area (Å²) in [4.78, 5) is 12.6. The number of rotatable bonds is 8. The van der Waals surface area contributed by atoms with Gasteiger partial charge in [-0.3, -0.25) is 9.10 Å². The van der Waals surface area contributed by atoms with E-state index in [4.69, 9.17) is 27.9 Å². The normalized spacial score (nSPS) is 11.4. The third-order valence-electron chi connectivity index (χ3n) is 4.60. The number of hydrogen-bond acceptors (Lipinski definition) is 5. The molecular weight excluding hydrogens is 485 g/mol. The summed E-state index contributed by atoms with van der Waals surface area (Å²) in [6.07, 6.45) is 1.38. The lowest BCUT2D eigenvalue weighted by molar-refractivity contribution is -0.119. The minimum Gasteiger partial charge on any atom is -0.497 e. The van der Waals surface area contributed by atoms with Gasteiger partial charge in [0.15, 0.2) is 0 Å². The van der Waals surface area contributed by atoms with Crippen LogP contribution in [0.3, 0.4) is 0 Å². The summed E-state index contributed by atoms with van der Waals surface area (Å²) in [5, 5.41) is 4.63. The minimum absolute atomic E-state index is 0.0241.